The maximum atomic E-state index is 12.3. The van der Waals surface area contributed by atoms with Crippen molar-refractivity contribution in [2.24, 2.45) is 0 Å². The van der Waals surface area contributed by atoms with E-state index in [-0.39, 0.29) is 18.1 Å². The molecule has 3 aromatic rings. The fourth-order valence-electron chi connectivity index (χ4n) is 2.98. The van der Waals surface area contributed by atoms with E-state index in [4.69, 9.17) is 0 Å². The average molecular weight is 368 g/mol. The van der Waals surface area contributed by atoms with E-state index in [0.717, 1.165) is 19.3 Å². The van der Waals surface area contributed by atoms with Crippen molar-refractivity contribution in [3.63, 3.8) is 0 Å². The van der Waals surface area contributed by atoms with Crippen LogP contribution < -0.4 is 10.6 Å². The van der Waals surface area contributed by atoms with Crippen LogP contribution in [0.25, 0.3) is 10.1 Å². The zero-order chi connectivity index (χ0) is 18.4. The number of urea groups is 1. The number of fused-ring (bicyclic) bond motifs is 1. The predicted molar refractivity (Wildman–Crippen MR) is 109 cm³/mol. The number of pyridine rings is 1. The molecule has 0 aliphatic rings. The van der Waals surface area contributed by atoms with Gasteiger partial charge in [0.15, 0.2) is 0 Å². The molecule has 0 bridgehead atoms. The van der Waals surface area contributed by atoms with E-state index < -0.39 is 0 Å². The standard InChI is InChI=1S/C21H25N3OS/c1-15(7-5-8-17-9-6-12-22-14-17)23-21(25)24-16(2)20-13-18-10-3-4-11-19(18)26-20/h3-4,6,9-16H,5,7-8H2,1-2H3,(H2,23,24,25). The third-order valence-electron chi connectivity index (χ3n) is 4.42. The predicted octanol–water partition coefficient (Wildman–Crippen LogP) is 5.07. The molecule has 3 rings (SSSR count). The lowest BCUT2D eigenvalue weighted by Gasteiger charge is -2.17. The highest BCUT2D eigenvalue weighted by Crippen LogP contribution is 2.29. The molecule has 2 unspecified atom stereocenters. The molecule has 0 spiro atoms. The number of carbonyl (C=O) groups is 1. The first-order chi connectivity index (χ1) is 12.6. The Morgan fingerprint density at radius 3 is 2.77 bits per heavy atom. The normalized spacial score (nSPS) is 13.3. The van der Waals surface area contributed by atoms with Crippen molar-refractivity contribution >= 4 is 27.5 Å². The van der Waals surface area contributed by atoms with Gasteiger partial charge in [0, 0.05) is 28.0 Å². The Kier molecular flexibility index (Phi) is 6.23. The van der Waals surface area contributed by atoms with Crippen molar-refractivity contribution in [3.05, 3.63) is 65.3 Å². The third-order valence-corrected chi connectivity index (χ3v) is 5.72. The van der Waals surface area contributed by atoms with Crippen LogP contribution >= 0.6 is 11.3 Å². The summed E-state index contributed by atoms with van der Waals surface area (Å²) in [5.74, 6) is 0. The molecule has 2 N–H and O–H groups in total. The second-order valence-corrected chi connectivity index (χ2v) is 7.80. The Hall–Kier alpha value is -2.40. The lowest BCUT2D eigenvalue weighted by Crippen LogP contribution is -2.41. The minimum atomic E-state index is -0.108. The molecule has 4 nitrogen and oxygen atoms in total. The lowest BCUT2D eigenvalue weighted by molar-refractivity contribution is 0.234. The van der Waals surface area contributed by atoms with E-state index in [1.807, 2.05) is 38.2 Å². The van der Waals surface area contributed by atoms with Crippen molar-refractivity contribution in [1.82, 2.24) is 15.6 Å². The number of hydrogen-bond acceptors (Lipinski definition) is 3. The Bertz CT molecular complexity index is 814. The van der Waals surface area contributed by atoms with Gasteiger partial charge in [0.1, 0.15) is 0 Å². The number of carbonyl (C=O) groups excluding carboxylic acids is 1. The van der Waals surface area contributed by atoms with Crippen LogP contribution in [0.5, 0.6) is 0 Å². The van der Waals surface area contributed by atoms with Gasteiger partial charge in [-0.2, -0.15) is 0 Å². The molecule has 0 fully saturated rings. The van der Waals surface area contributed by atoms with Gasteiger partial charge in [-0.15, -0.1) is 11.3 Å². The van der Waals surface area contributed by atoms with Crippen LogP contribution in [0.3, 0.4) is 0 Å². The number of nitrogens with zero attached hydrogens (tertiary/aromatic N) is 1. The van der Waals surface area contributed by atoms with Crippen molar-refractivity contribution in [1.29, 1.82) is 0 Å². The van der Waals surface area contributed by atoms with Crippen LogP contribution in [0.1, 0.15) is 43.2 Å². The molecule has 2 atom stereocenters. The zero-order valence-corrected chi connectivity index (χ0v) is 16.1. The molecule has 0 aliphatic heterocycles. The van der Waals surface area contributed by atoms with Crippen LogP contribution in [-0.4, -0.2) is 17.1 Å². The molecule has 0 saturated carbocycles. The topological polar surface area (TPSA) is 54.0 Å². The summed E-state index contributed by atoms with van der Waals surface area (Å²) in [5.41, 5.74) is 1.24. The van der Waals surface area contributed by atoms with E-state index in [2.05, 4.69) is 39.9 Å². The Balaban J connectivity index is 1.43. The van der Waals surface area contributed by atoms with Gasteiger partial charge < -0.3 is 10.6 Å². The number of nitrogens with one attached hydrogen (secondary N) is 2. The number of amides is 2. The molecule has 0 aliphatic carbocycles. The molecular formula is C21H25N3OS. The number of rotatable bonds is 7. The van der Waals surface area contributed by atoms with E-state index in [1.165, 1.54) is 20.5 Å². The van der Waals surface area contributed by atoms with Crippen molar-refractivity contribution in [3.8, 4) is 0 Å². The van der Waals surface area contributed by atoms with Crippen molar-refractivity contribution in [2.45, 2.75) is 45.2 Å². The monoisotopic (exact) mass is 367 g/mol. The van der Waals surface area contributed by atoms with Gasteiger partial charge in [0.05, 0.1) is 6.04 Å². The summed E-state index contributed by atoms with van der Waals surface area (Å²) in [6.07, 6.45) is 6.64. The fourth-order valence-corrected chi connectivity index (χ4v) is 4.05. The maximum absolute atomic E-state index is 12.3. The highest BCUT2D eigenvalue weighted by molar-refractivity contribution is 7.19. The molecular weight excluding hydrogens is 342 g/mol. The second-order valence-electron chi connectivity index (χ2n) is 6.68. The summed E-state index contributed by atoms with van der Waals surface area (Å²) in [5, 5.41) is 7.31. The molecule has 1 aromatic carbocycles. The zero-order valence-electron chi connectivity index (χ0n) is 15.2. The summed E-state index contributed by atoms with van der Waals surface area (Å²) >= 11 is 1.73. The average Bonchev–Trinajstić information content (AvgIpc) is 3.07. The molecule has 5 heteroatoms. The summed E-state index contributed by atoms with van der Waals surface area (Å²) < 4.78 is 1.25. The first kappa shape index (κ1) is 18.4. The van der Waals surface area contributed by atoms with E-state index in [1.54, 1.807) is 17.5 Å². The van der Waals surface area contributed by atoms with Gasteiger partial charge in [0.25, 0.3) is 0 Å². The highest BCUT2D eigenvalue weighted by Gasteiger charge is 2.14. The van der Waals surface area contributed by atoms with Gasteiger partial charge in [-0.3, -0.25) is 4.98 Å². The molecule has 136 valence electrons. The van der Waals surface area contributed by atoms with E-state index >= 15 is 0 Å². The quantitative estimate of drug-likeness (QED) is 0.613. The second kappa shape index (κ2) is 8.81. The molecule has 0 saturated heterocycles. The number of thiophene rings is 1. The Morgan fingerprint density at radius 2 is 2.00 bits per heavy atom. The van der Waals surface area contributed by atoms with Crippen LogP contribution in [0.15, 0.2) is 54.9 Å². The minimum Gasteiger partial charge on any atom is -0.336 e. The minimum absolute atomic E-state index is 0.00464. The van der Waals surface area contributed by atoms with Crippen LogP contribution in [-0.2, 0) is 6.42 Å². The molecule has 2 heterocycles. The lowest BCUT2D eigenvalue weighted by atomic mass is 10.1. The highest BCUT2D eigenvalue weighted by atomic mass is 32.1. The SMILES string of the molecule is CC(CCCc1cccnc1)NC(=O)NC(C)c1cc2ccccc2s1. The van der Waals surface area contributed by atoms with Crippen molar-refractivity contribution < 1.29 is 4.79 Å². The Morgan fingerprint density at radius 1 is 1.15 bits per heavy atom. The maximum Gasteiger partial charge on any atom is 0.315 e. The number of aryl methyl sites for hydroxylation is 1. The van der Waals surface area contributed by atoms with E-state index in [0.29, 0.717) is 0 Å². The summed E-state index contributed by atoms with van der Waals surface area (Å²) in [4.78, 5) is 17.6. The first-order valence-corrected chi connectivity index (χ1v) is 9.88. The number of benzene rings is 1. The molecule has 26 heavy (non-hydrogen) atoms. The van der Waals surface area contributed by atoms with Crippen LogP contribution in [0, 0.1) is 0 Å². The van der Waals surface area contributed by atoms with Gasteiger partial charge in [-0.05, 0) is 62.3 Å². The van der Waals surface area contributed by atoms with E-state index in [9.17, 15) is 4.79 Å². The molecule has 0 radical (unpaired) electrons. The van der Waals surface area contributed by atoms with Crippen LogP contribution in [0.2, 0.25) is 0 Å². The largest absolute Gasteiger partial charge is 0.336 e. The van der Waals surface area contributed by atoms with Gasteiger partial charge in [0.2, 0.25) is 0 Å². The fraction of sp³-hybridized carbons (Fsp3) is 0.333. The molecule has 2 aromatic heterocycles. The molecule has 2 amide bonds. The van der Waals surface area contributed by atoms with Crippen LogP contribution in [0.4, 0.5) is 4.79 Å². The number of hydrogen-bond donors (Lipinski definition) is 2. The third kappa shape index (κ3) is 5.05. The smallest absolute Gasteiger partial charge is 0.315 e. The Labute approximate surface area is 158 Å². The van der Waals surface area contributed by atoms with Gasteiger partial charge in [-0.1, -0.05) is 24.3 Å². The van der Waals surface area contributed by atoms with Gasteiger partial charge >= 0.3 is 6.03 Å². The van der Waals surface area contributed by atoms with Crippen molar-refractivity contribution in [2.75, 3.05) is 0 Å². The van der Waals surface area contributed by atoms with Gasteiger partial charge in [-0.25, -0.2) is 4.79 Å². The summed E-state index contributed by atoms with van der Waals surface area (Å²) in [6, 6.07) is 14.5. The summed E-state index contributed by atoms with van der Waals surface area (Å²) in [6.45, 7) is 4.07. The number of aromatic nitrogens is 1. The summed E-state index contributed by atoms with van der Waals surface area (Å²) in [7, 11) is 0. The first-order valence-electron chi connectivity index (χ1n) is 9.06.